The third kappa shape index (κ3) is 2.12. The van der Waals surface area contributed by atoms with E-state index in [0.29, 0.717) is 11.8 Å². The lowest BCUT2D eigenvalue weighted by atomic mass is 9.84. The molecule has 0 aromatic carbocycles. The summed E-state index contributed by atoms with van der Waals surface area (Å²) >= 11 is 0. The highest BCUT2D eigenvalue weighted by atomic mass is 16.2. The zero-order chi connectivity index (χ0) is 14.4. The third-order valence-electron chi connectivity index (χ3n) is 5.46. The van der Waals surface area contributed by atoms with Crippen LogP contribution in [0, 0.1) is 17.8 Å². The quantitative estimate of drug-likeness (QED) is 0.789. The van der Waals surface area contributed by atoms with Crippen LogP contribution in [0.15, 0.2) is 0 Å². The molecule has 1 saturated heterocycles. The van der Waals surface area contributed by atoms with Crippen molar-refractivity contribution >= 4 is 11.8 Å². The number of fused-ring (bicyclic) bond motifs is 2. The zero-order valence-corrected chi connectivity index (χ0v) is 12.3. The van der Waals surface area contributed by atoms with E-state index >= 15 is 0 Å². The summed E-state index contributed by atoms with van der Waals surface area (Å²) in [5, 5.41) is 2.96. The zero-order valence-electron chi connectivity index (χ0n) is 12.3. The second kappa shape index (κ2) is 5.02. The van der Waals surface area contributed by atoms with E-state index in [1.54, 1.807) is 0 Å². The minimum Gasteiger partial charge on any atom is -0.344 e. The van der Waals surface area contributed by atoms with Crippen LogP contribution in [0.5, 0.6) is 0 Å². The van der Waals surface area contributed by atoms with Crippen LogP contribution in [-0.2, 0) is 9.59 Å². The number of amides is 2. The predicted molar refractivity (Wildman–Crippen MR) is 75.7 cm³/mol. The first kappa shape index (κ1) is 13.9. The molecule has 5 heteroatoms. The molecule has 2 bridgehead atoms. The van der Waals surface area contributed by atoms with Crippen molar-refractivity contribution in [3.8, 4) is 0 Å². The first-order valence-corrected chi connectivity index (χ1v) is 7.85. The van der Waals surface area contributed by atoms with Crippen LogP contribution in [0.4, 0.5) is 0 Å². The van der Waals surface area contributed by atoms with Gasteiger partial charge in [0, 0.05) is 18.6 Å². The van der Waals surface area contributed by atoms with Crippen LogP contribution in [0.1, 0.15) is 39.5 Å². The van der Waals surface area contributed by atoms with Crippen molar-refractivity contribution in [2.24, 2.45) is 23.5 Å². The Morgan fingerprint density at radius 3 is 2.55 bits per heavy atom. The molecule has 2 amide bonds. The molecule has 5 nitrogen and oxygen atoms in total. The van der Waals surface area contributed by atoms with Crippen molar-refractivity contribution in [3.05, 3.63) is 0 Å². The van der Waals surface area contributed by atoms with Gasteiger partial charge in [0.2, 0.25) is 11.8 Å². The van der Waals surface area contributed by atoms with Crippen LogP contribution in [0.3, 0.4) is 0 Å². The van der Waals surface area contributed by atoms with Gasteiger partial charge in [-0.05, 0) is 51.4 Å². The number of hydrogen-bond acceptors (Lipinski definition) is 3. The monoisotopic (exact) mass is 279 g/mol. The fourth-order valence-electron chi connectivity index (χ4n) is 4.34. The van der Waals surface area contributed by atoms with Gasteiger partial charge in [-0.3, -0.25) is 9.59 Å². The van der Waals surface area contributed by atoms with Gasteiger partial charge in [-0.2, -0.15) is 0 Å². The Bertz CT molecular complexity index is 421. The molecule has 0 radical (unpaired) electrons. The van der Waals surface area contributed by atoms with E-state index in [9.17, 15) is 9.59 Å². The minimum atomic E-state index is -0.337. The first-order chi connectivity index (χ1) is 9.49. The number of nitrogens with zero attached hydrogens (tertiary/aromatic N) is 1. The standard InChI is InChI=1S/C15H25N3O2/c1-8(2)18-6-5-11(15(18)20)17-14(19)12-9-3-4-10(7-9)13(12)16/h8-13H,3-7,16H2,1-2H3,(H,17,19). The van der Waals surface area contributed by atoms with Gasteiger partial charge in [0.15, 0.2) is 0 Å². The topological polar surface area (TPSA) is 75.4 Å². The lowest BCUT2D eigenvalue weighted by Crippen LogP contribution is -2.50. The fraction of sp³-hybridized carbons (Fsp3) is 0.867. The van der Waals surface area contributed by atoms with Crippen LogP contribution < -0.4 is 11.1 Å². The predicted octanol–water partition coefficient (Wildman–Crippen LogP) is 0.485. The fourth-order valence-corrected chi connectivity index (χ4v) is 4.34. The molecule has 3 N–H and O–H groups in total. The molecule has 5 atom stereocenters. The molecular weight excluding hydrogens is 254 g/mol. The summed E-state index contributed by atoms with van der Waals surface area (Å²) in [5.74, 6) is 0.947. The number of carbonyl (C=O) groups excluding carboxylic acids is 2. The summed E-state index contributed by atoms with van der Waals surface area (Å²) in [5.41, 5.74) is 6.19. The smallest absolute Gasteiger partial charge is 0.245 e. The van der Waals surface area contributed by atoms with Gasteiger partial charge in [-0.25, -0.2) is 0 Å². The van der Waals surface area contributed by atoms with E-state index in [4.69, 9.17) is 5.73 Å². The van der Waals surface area contributed by atoms with E-state index in [1.807, 2.05) is 18.7 Å². The average molecular weight is 279 g/mol. The summed E-state index contributed by atoms with van der Waals surface area (Å²) in [4.78, 5) is 26.5. The minimum absolute atomic E-state index is 0.00791. The van der Waals surface area contributed by atoms with Gasteiger partial charge in [-0.15, -0.1) is 0 Å². The maximum absolute atomic E-state index is 12.5. The lowest BCUT2D eigenvalue weighted by Gasteiger charge is -2.28. The largest absolute Gasteiger partial charge is 0.344 e. The molecule has 3 rings (SSSR count). The van der Waals surface area contributed by atoms with Gasteiger partial charge in [0.1, 0.15) is 6.04 Å². The number of hydrogen-bond donors (Lipinski definition) is 2. The van der Waals surface area contributed by atoms with Crippen molar-refractivity contribution in [1.29, 1.82) is 0 Å². The van der Waals surface area contributed by atoms with Crippen molar-refractivity contribution in [1.82, 2.24) is 10.2 Å². The van der Waals surface area contributed by atoms with E-state index in [1.165, 1.54) is 6.42 Å². The van der Waals surface area contributed by atoms with Crippen molar-refractivity contribution in [3.63, 3.8) is 0 Å². The average Bonchev–Trinajstić information content (AvgIpc) is 3.05. The van der Waals surface area contributed by atoms with Crippen LogP contribution >= 0.6 is 0 Å². The van der Waals surface area contributed by atoms with Gasteiger partial charge in [0.25, 0.3) is 0 Å². The molecule has 0 aromatic heterocycles. The Balaban J connectivity index is 1.61. The molecular formula is C15H25N3O2. The summed E-state index contributed by atoms with van der Waals surface area (Å²) in [7, 11) is 0. The molecule has 3 fully saturated rings. The summed E-state index contributed by atoms with van der Waals surface area (Å²) < 4.78 is 0. The SMILES string of the molecule is CC(C)N1CCC(NC(=O)C2C3CCC(C3)C2N)C1=O. The van der Waals surface area contributed by atoms with Gasteiger partial charge < -0.3 is 16.0 Å². The molecule has 20 heavy (non-hydrogen) atoms. The summed E-state index contributed by atoms with van der Waals surface area (Å²) in [6, 6.07) is -0.142. The van der Waals surface area contributed by atoms with Gasteiger partial charge >= 0.3 is 0 Å². The van der Waals surface area contributed by atoms with Gasteiger partial charge in [0.05, 0.1) is 5.92 Å². The van der Waals surface area contributed by atoms with Crippen LogP contribution in [0.25, 0.3) is 0 Å². The number of carbonyl (C=O) groups is 2. The lowest BCUT2D eigenvalue weighted by molar-refractivity contribution is -0.135. The Hall–Kier alpha value is -1.10. The highest BCUT2D eigenvalue weighted by Gasteiger charge is 2.49. The number of likely N-dealkylation sites (tertiary alicyclic amines) is 1. The Morgan fingerprint density at radius 1 is 1.30 bits per heavy atom. The van der Waals surface area contributed by atoms with E-state index in [-0.39, 0.29) is 35.9 Å². The highest BCUT2D eigenvalue weighted by Crippen LogP contribution is 2.47. The molecule has 3 aliphatic rings. The molecule has 0 spiro atoms. The second-order valence-electron chi connectivity index (χ2n) is 6.91. The molecule has 112 valence electrons. The third-order valence-corrected chi connectivity index (χ3v) is 5.46. The maximum Gasteiger partial charge on any atom is 0.245 e. The first-order valence-electron chi connectivity index (χ1n) is 7.85. The number of nitrogens with one attached hydrogen (secondary N) is 1. The number of rotatable bonds is 3. The van der Waals surface area contributed by atoms with Crippen molar-refractivity contribution < 1.29 is 9.59 Å². The molecule has 2 saturated carbocycles. The number of nitrogens with two attached hydrogens (primary N) is 1. The van der Waals surface area contributed by atoms with E-state index in [0.717, 1.165) is 25.8 Å². The molecule has 1 heterocycles. The van der Waals surface area contributed by atoms with Crippen LogP contribution in [0.2, 0.25) is 0 Å². The summed E-state index contributed by atoms with van der Waals surface area (Å²) in [6.07, 6.45) is 4.10. The van der Waals surface area contributed by atoms with Gasteiger partial charge in [-0.1, -0.05) is 0 Å². The van der Waals surface area contributed by atoms with E-state index < -0.39 is 0 Å². The second-order valence-corrected chi connectivity index (χ2v) is 6.91. The maximum atomic E-state index is 12.5. The molecule has 1 aliphatic heterocycles. The van der Waals surface area contributed by atoms with Crippen LogP contribution in [-0.4, -0.2) is 41.4 Å². The Kier molecular flexibility index (Phi) is 3.48. The molecule has 5 unspecified atom stereocenters. The Morgan fingerprint density at radius 2 is 2.00 bits per heavy atom. The molecule has 0 aromatic rings. The Labute approximate surface area is 120 Å². The molecule has 2 aliphatic carbocycles. The summed E-state index contributed by atoms with van der Waals surface area (Å²) in [6.45, 7) is 4.76. The van der Waals surface area contributed by atoms with E-state index in [2.05, 4.69) is 5.32 Å². The van der Waals surface area contributed by atoms with Crippen molar-refractivity contribution in [2.75, 3.05) is 6.54 Å². The normalized spacial score (nSPS) is 39.9. The highest BCUT2D eigenvalue weighted by molar-refractivity contribution is 5.90. The van der Waals surface area contributed by atoms with Crippen molar-refractivity contribution in [2.45, 2.75) is 57.7 Å².